The summed E-state index contributed by atoms with van der Waals surface area (Å²) in [5, 5.41) is 9.37. The smallest absolute Gasteiger partial charge is 0.195 e. The molecule has 1 aliphatic carbocycles. The predicted octanol–water partition coefficient (Wildman–Crippen LogP) is 4.01. The Bertz CT molecular complexity index is 799. The van der Waals surface area contributed by atoms with E-state index in [1.54, 1.807) is 11.3 Å². The van der Waals surface area contributed by atoms with Gasteiger partial charge in [0.15, 0.2) is 10.6 Å². The standard InChI is InChI=1S/C15H13N3S2/c19-15-17-16-14(13-6-3-7-20-13)18(15)9-11-8-10-4-1-2-5-12(10)11/h1-7,11H,8-9H2,(H,17,19). The minimum Gasteiger partial charge on any atom is -0.299 e. The minimum atomic E-state index is 0.550. The quantitative estimate of drug-likeness (QED) is 0.741. The van der Waals surface area contributed by atoms with E-state index < -0.39 is 0 Å². The molecule has 4 rings (SSSR count). The first-order chi connectivity index (χ1) is 9.83. The third-order valence-electron chi connectivity index (χ3n) is 3.86. The van der Waals surface area contributed by atoms with Crippen LogP contribution in [0.5, 0.6) is 0 Å². The molecule has 0 bridgehead atoms. The maximum Gasteiger partial charge on any atom is 0.195 e. The second-order valence-corrected chi connectivity index (χ2v) is 6.37. The van der Waals surface area contributed by atoms with Crippen LogP contribution in [-0.4, -0.2) is 14.8 Å². The van der Waals surface area contributed by atoms with E-state index in [1.807, 2.05) is 6.07 Å². The molecule has 1 atom stereocenters. The lowest BCUT2D eigenvalue weighted by atomic mass is 9.77. The second-order valence-electron chi connectivity index (χ2n) is 5.04. The van der Waals surface area contributed by atoms with Crippen molar-refractivity contribution >= 4 is 23.6 Å². The molecule has 0 saturated heterocycles. The van der Waals surface area contributed by atoms with Crippen molar-refractivity contribution in [3.63, 3.8) is 0 Å². The summed E-state index contributed by atoms with van der Waals surface area (Å²) in [5.74, 6) is 1.50. The maximum absolute atomic E-state index is 5.39. The van der Waals surface area contributed by atoms with Crippen LogP contribution in [0, 0.1) is 4.77 Å². The molecule has 1 aliphatic rings. The molecule has 5 heteroatoms. The fourth-order valence-electron chi connectivity index (χ4n) is 2.83. The van der Waals surface area contributed by atoms with Gasteiger partial charge in [0.2, 0.25) is 0 Å². The number of H-pyrrole nitrogens is 1. The molecule has 1 aromatic carbocycles. The van der Waals surface area contributed by atoms with Crippen molar-refractivity contribution in [2.24, 2.45) is 0 Å². The zero-order valence-electron chi connectivity index (χ0n) is 10.7. The summed E-state index contributed by atoms with van der Waals surface area (Å²) in [7, 11) is 0. The Kier molecular flexibility index (Phi) is 2.82. The van der Waals surface area contributed by atoms with Gasteiger partial charge in [-0.3, -0.25) is 9.67 Å². The Balaban J connectivity index is 1.68. The fourth-order valence-corrected chi connectivity index (χ4v) is 3.76. The zero-order valence-corrected chi connectivity index (χ0v) is 12.4. The molecule has 0 aliphatic heterocycles. The van der Waals surface area contributed by atoms with E-state index >= 15 is 0 Å². The first kappa shape index (κ1) is 12.1. The number of hydrogen-bond donors (Lipinski definition) is 1. The average Bonchev–Trinajstić information content (AvgIpc) is 3.06. The number of nitrogens with zero attached hydrogens (tertiary/aromatic N) is 2. The minimum absolute atomic E-state index is 0.550. The molecule has 0 fully saturated rings. The van der Waals surface area contributed by atoms with Crippen LogP contribution in [-0.2, 0) is 13.0 Å². The topological polar surface area (TPSA) is 33.6 Å². The van der Waals surface area contributed by atoms with Gasteiger partial charge in [0.1, 0.15) is 0 Å². The van der Waals surface area contributed by atoms with Gasteiger partial charge in [0.25, 0.3) is 0 Å². The number of nitrogens with one attached hydrogen (secondary N) is 1. The Labute approximate surface area is 125 Å². The Morgan fingerprint density at radius 1 is 1.30 bits per heavy atom. The van der Waals surface area contributed by atoms with E-state index in [-0.39, 0.29) is 0 Å². The summed E-state index contributed by atoms with van der Waals surface area (Å²) < 4.78 is 2.83. The number of rotatable bonds is 3. The van der Waals surface area contributed by atoms with E-state index in [2.05, 4.69) is 50.5 Å². The SMILES string of the molecule is S=c1[nH]nc(-c2cccs2)n1CC1Cc2ccccc21. The summed E-state index contributed by atoms with van der Waals surface area (Å²) in [6.45, 7) is 0.902. The lowest BCUT2D eigenvalue weighted by molar-refractivity contribution is 0.507. The summed E-state index contributed by atoms with van der Waals surface area (Å²) in [6.07, 6.45) is 1.13. The molecule has 0 saturated carbocycles. The average molecular weight is 299 g/mol. The van der Waals surface area contributed by atoms with E-state index in [4.69, 9.17) is 12.2 Å². The molecule has 20 heavy (non-hydrogen) atoms. The normalized spacial score (nSPS) is 16.7. The van der Waals surface area contributed by atoms with Gasteiger partial charge < -0.3 is 0 Å². The maximum atomic E-state index is 5.39. The molecule has 3 nitrogen and oxygen atoms in total. The first-order valence-corrected chi connectivity index (χ1v) is 7.88. The molecular formula is C15H13N3S2. The van der Waals surface area contributed by atoms with Crippen LogP contribution in [0.3, 0.4) is 0 Å². The number of hydrogen-bond acceptors (Lipinski definition) is 3. The van der Waals surface area contributed by atoms with Gasteiger partial charge in [-0.25, -0.2) is 0 Å². The van der Waals surface area contributed by atoms with Crippen LogP contribution >= 0.6 is 23.6 Å². The molecule has 100 valence electrons. The van der Waals surface area contributed by atoms with Gasteiger partial charge in [0.05, 0.1) is 4.88 Å². The highest BCUT2D eigenvalue weighted by atomic mass is 32.1. The third kappa shape index (κ3) is 1.85. The third-order valence-corrected chi connectivity index (χ3v) is 5.04. The number of thiophene rings is 1. The van der Waals surface area contributed by atoms with Crippen LogP contribution in [0.2, 0.25) is 0 Å². The van der Waals surface area contributed by atoms with Gasteiger partial charge in [0, 0.05) is 12.5 Å². The number of aromatic nitrogens is 3. The Morgan fingerprint density at radius 2 is 2.20 bits per heavy atom. The van der Waals surface area contributed by atoms with Crippen molar-refractivity contribution in [1.82, 2.24) is 14.8 Å². The molecule has 2 aromatic heterocycles. The first-order valence-electron chi connectivity index (χ1n) is 6.60. The molecule has 0 spiro atoms. The molecule has 2 heterocycles. The summed E-state index contributed by atoms with van der Waals surface area (Å²) >= 11 is 7.08. The summed E-state index contributed by atoms with van der Waals surface area (Å²) in [6, 6.07) is 12.8. The van der Waals surface area contributed by atoms with Crippen molar-refractivity contribution in [3.05, 3.63) is 57.7 Å². The number of benzene rings is 1. The second kappa shape index (κ2) is 4.68. The van der Waals surface area contributed by atoms with Crippen LogP contribution in [0.4, 0.5) is 0 Å². The van der Waals surface area contributed by atoms with Crippen LogP contribution in [0.15, 0.2) is 41.8 Å². The van der Waals surface area contributed by atoms with Gasteiger partial charge >= 0.3 is 0 Å². The lowest BCUT2D eigenvalue weighted by Gasteiger charge is -2.30. The van der Waals surface area contributed by atoms with Crippen molar-refractivity contribution in [1.29, 1.82) is 0 Å². The van der Waals surface area contributed by atoms with E-state index in [9.17, 15) is 0 Å². The Hall–Kier alpha value is -1.72. The van der Waals surface area contributed by atoms with Crippen LogP contribution < -0.4 is 0 Å². The zero-order chi connectivity index (χ0) is 13.5. The molecule has 0 radical (unpaired) electrons. The molecule has 1 unspecified atom stereocenters. The molecular weight excluding hydrogens is 286 g/mol. The van der Waals surface area contributed by atoms with Gasteiger partial charge in [-0.1, -0.05) is 30.3 Å². The summed E-state index contributed by atoms with van der Waals surface area (Å²) in [4.78, 5) is 1.16. The van der Waals surface area contributed by atoms with Crippen molar-refractivity contribution in [2.75, 3.05) is 0 Å². The van der Waals surface area contributed by atoms with E-state index in [0.29, 0.717) is 10.7 Å². The van der Waals surface area contributed by atoms with Gasteiger partial charge in [-0.15, -0.1) is 11.3 Å². The predicted molar refractivity (Wildman–Crippen MR) is 83.6 cm³/mol. The van der Waals surface area contributed by atoms with Crippen molar-refractivity contribution in [2.45, 2.75) is 18.9 Å². The Morgan fingerprint density at radius 3 is 3.00 bits per heavy atom. The lowest BCUT2D eigenvalue weighted by Crippen LogP contribution is -2.22. The van der Waals surface area contributed by atoms with Crippen molar-refractivity contribution in [3.8, 4) is 10.7 Å². The highest BCUT2D eigenvalue weighted by Crippen LogP contribution is 2.37. The van der Waals surface area contributed by atoms with E-state index in [1.165, 1.54) is 11.1 Å². The molecule has 1 N–H and O–H groups in total. The molecule has 3 aromatic rings. The van der Waals surface area contributed by atoms with Gasteiger partial charge in [-0.2, -0.15) is 5.10 Å². The number of fused-ring (bicyclic) bond motifs is 1. The monoisotopic (exact) mass is 299 g/mol. The largest absolute Gasteiger partial charge is 0.299 e. The van der Waals surface area contributed by atoms with Crippen LogP contribution in [0.1, 0.15) is 17.0 Å². The highest BCUT2D eigenvalue weighted by Gasteiger charge is 2.27. The summed E-state index contributed by atoms with van der Waals surface area (Å²) in [5.41, 5.74) is 2.91. The molecule has 0 amide bonds. The van der Waals surface area contributed by atoms with Gasteiger partial charge in [-0.05, 0) is 41.2 Å². The highest BCUT2D eigenvalue weighted by molar-refractivity contribution is 7.71. The van der Waals surface area contributed by atoms with Crippen molar-refractivity contribution < 1.29 is 0 Å². The van der Waals surface area contributed by atoms with Crippen LogP contribution in [0.25, 0.3) is 10.7 Å². The number of aromatic amines is 1. The fraction of sp³-hybridized carbons (Fsp3) is 0.200. The van der Waals surface area contributed by atoms with E-state index in [0.717, 1.165) is 23.7 Å².